The molecule has 1 aliphatic rings. The zero-order valence-corrected chi connectivity index (χ0v) is 16.8. The number of hydrogen-bond donors (Lipinski definition) is 1. The van der Waals surface area contributed by atoms with E-state index in [4.69, 9.17) is 4.74 Å². The Labute approximate surface area is 172 Å². The van der Waals surface area contributed by atoms with Crippen LogP contribution in [0.25, 0.3) is 0 Å². The predicted molar refractivity (Wildman–Crippen MR) is 109 cm³/mol. The van der Waals surface area contributed by atoms with E-state index in [1.54, 1.807) is 0 Å². The highest BCUT2D eigenvalue weighted by molar-refractivity contribution is 5.78. The molecule has 0 heterocycles. The van der Waals surface area contributed by atoms with Crippen LogP contribution < -0.4 is 15.2 Å². The van der Waals surface area contributed by atoms with E-state index in [-0.39, 0.29) is 30.8 Å². The Balaban J connectivity index is 1.62. The van der Waals surface area contributed by atoms with E-state index in [2.05, 4.69) is 5.32 Å². The molecule has 2 aromatic rings. The molecule has 0 bridgehead atoms. The Bertz CT molecular complexity index is 797. The number of benzene rings is 2. The van der Waals surface area contributed by atoms with Gasteiger partial charge in [-0.3, -0.25) is 4.79 Å². The Morgan fingerprint density at radius 2 is 1.66 bits per heavy atom. The number of hydrogen-bond acceptors (Lipinski definition) is 4. The van der Waals surface area contributed by atoms with Gasteiger partial charge in [-0.2, -0.15) is 0 Å². The molecule has 0 aliphatic heterocycles. The second-order valence-electron chi connectivity index (χ2n) is 7.81. The van der Waals surface area contributed by atoms with Crippen molar-refractivity contribution in [1.29, 1.82) is 0 Å². The van der Waals surface area contributed by atoms with E-state index >= 15 is 0 Å². The number of amides is 1. The summed E-state index contributed by atoms with van der Waals surface area (Å²) < 4.78 is 5.96. The number of aliphatic carboxylic acids is 1. The summed E-state index contributed by atoms with van der Waals surface area (Å²) in [4.78, 5) is 23.8. The van der Waals surface area contributed by atoms with Crippen LogP contribution in [0.3, 0.4) is 0 Å². The van der Waals surface area contributed by atoms with Crippen LogP contribution in [0.15, 0.2) is 54.6 Å². The maximum absolute atomic E-state index is 12.5. The van der Waals surface area contributed by atoms with Gasteiger partial charge in [-0.15, -0.1) is 0 Å². The lowest BCUT2D eigenvalue weighted by Gasteiger charge is -2.22. The number of rotatable bonds is 9. The zero-order chi connectivity index (χ0) is 20.6. The van der Waals surface area contributed by atoms with E-state index < -0.39 is 12.0 Å². The number of carboxylic acids is 1. The van der Waals surface area contributed by atoms with Gasteiger partial charge in [0, 0.05) is 18.8 Å². The van der Waals surface area contributed by atoms with Crippen LogP contribution in [-0.2, 0) is 9.59 Å². The van der Waals surface area contributed by atoms with Gasteiger partial charge in [0.1, 0.15) is 5.75 Å². The van der Waals surface area contributed by atoms with Crippen molar-refractivity contribution in [2.75, 3.05) is 0 Å². The van der Waals surface area contributed by atoms with Gasteiger partial charge in [0.2, 0.25) is 5.91 Å². The average molecular weight is 394 g/mol. The van der Waals surface area contributed by atoms with Gasteiger partial charge < -0.3 is 20.0 Å². The highest BCUT2D eigenvalue weighted by Gasteiger charge is 2.19. The van der Waals surface area contributed by atoms with Crippen LogP contribution in [0, 0.1) is 0 Å². The molecule has 0 radical (unpaired) electrons. The van der Waals surface area contributed by atoms with E-state index in [1.807, 2.05) is 61.5 Å². The van der Waals surface area contributed by atoms with Crippen LogP contribution in [-0.4, -0.2) is 18.0 Å². The Hall–Kier alpha value is -2.82. The summed E-state index contributed by atoms with van der Waals surface area (Å²) in [6, 6.07) is 16.5. The zero-order valence-electron chi connectivity index (χ0n) is 16.8. The number of nitrogens with one attached hydrogen (secondary N) is 1. The molecule has 5 nitrogen and oxygen atoms in total. The predicted octanol–water partition coefficient (Wildman–Crippen LogP) is 3.50. The fourth-order valence-electron chi connectivity index (χ4n) is 3.83. The molecular formula is C24H28NO4-. The number of carbonyl (C=O) groups is 2. The monoisotopic (exact) mass is 394 g/mol. The van der Waals surface area contributed by atoms with Gasteiger partial charge >= 0.3 is 0 Å². The van der Waals surface area contributed by atoms with Crippen molar-refractivity contribution in [2.24, 2.45) is 0 Å². The average Bonchev–Trinajstić information content (AvgIpc) is 3.21. The fourth-order valence-corrected chi connectivity index (χ4v) is 3.83. The lowest BCUT2D eigenvalue weighted by molar-refractivity contribution is -0.306. The third-order valence-electron chi connectivity index (χ3n) is 5.45. The minimum atomic E-state index is -1.20. The normalized spacial score (nSPS) is 16.2. The van der Waals surface area contributed by atoms with Crippen molar-refractivity contribution < 1.29 is 19.4 Å². The molecule has 0 unspecified atom stereocenters. The van der Waals surface area contributed by atoms with E-state index in [0.717, 1.165) is 29.7 Å². The SMILES string of the molecule is C[C@@H](CC(=O)N[C@H](CC(=O)[O-])c1ccc(OC2CCCC2)cc1)c1ccccc1. The lowest BCUT2D eigenvalue weighted by Crippen LogP contribution is -2.34. The maximum Gasteiger partial charge on any atom is 0.221 e. The molecule has 3 rings (SSSR count). The molecule has 1 amide bonds. The van der Waals surface area contributed by atoms with Gasteiger partial charge in [-0.1, -0.05) is 49.4 Å². The van der Waals surface area contributed by atoms with Crippen molar-refractivity contribution in [3.63, 3.8) is 0 Å². The molecule has 0 aromatic heterocycles. The van der Waals surface area contributed by atoms with Crippen LogP contribution in [0.1, 0.15) is 68.5 Å². The second kappa shape index (κ2) is 10.1. The van der Waals surface area contributed by atoms with Crippen LogP contribution in [0.2, 0.25) is 0 Å². The first-order chi connectivity index (χ1) is 14.0. The summed E-state index contributed by atoms with van der Waals surface area (Å²) in [5.41, 5.74) is 1.81. The first-order valence-electron chi connectivity index (χ1n) is 10.3. The number of carbonyl (C=O) groups excluding carboxylic acids is 2. The highest BCUT2D eigenvalue weighted by Crippen LogP contribution is 2.26. The smallest absolute Gasteiger partial charge is 0.221 e. The Morgan fingerprint density at radius 1 is 1.00 bits per heavy atom. The largest absolute Gasteiger partial charge is 0.550 e. The van der Waals surface area contributed by atoms with E-state index in [0.29, 0.717) is 0 Å². The fraction of sp³-hybridized carbons (Fsp3) is 0.417. The molecule has 0 saturated heterocycles. The lowest BCUT2D eigenvalue weighted by atomic mass is 9.96. The molecule has 1 aliphatic carbocycles. The molecule has 29 heavy (non-hydrogen) atoms. The quantitative estimate of drug-likeness (QED) is 0.706. The van der Waals surface area contributed by atoms with Gasteiger partial charge in [0.15, 0.2) is 0 Å². The van der Waals surface area contributed by atoms with Crippen molar-refractivity contribution in [3.05, 3.63) is 65.7 Å². The highest BCUT2D eigenvalue weighted by atomic mass is 16.5. The van der Waals surface area contributed by atoms with E-state index in [9.17, 15) is 14.7 Å². The van der Waals surface area contributed by atoms with Gasteiger partial charge in [0.25, 0.3) is 0 Å². The summed E-state index contributed by atoms with van der Waals surface area (Å²) in [7, 11) is 0. The van der Waals surface area contributed by atoms with Crippen LogP contribution in [0.4, 0.5) is 0 Å². The molecular weight excluding hydrogens is 366 g/mol. The third-order valence-corrected chi connectivity index (χ3v) is 5.45. The molecule has 5 heteroatoms. The molecule has 2 aromatic carbocycles. The Kier molecular flexibility index (Phi) is 7.28. The molecule has 2 atom stereocenters. The molecule has 0 spiro atoms. The Morgan fingerprint density at radius 3 is 2.28 bits per heavy atom. The van der Waals surface area contributed by atoms with Crippen molar-refractivity contribution in [1.82, 2.24) is 5.32 Å². The summed E-state index contributed by atoms with van der Waals surface area (Å²) in [6.07, 6.45) is 4.83. The van der Waals surface area contributed by atoms with E-state index in [1.165, 1.54) is 12.8 Å². The first kappa shape index (κ1) is 20.9. The summed E-state index contributed by atoms with van der Waals surface area (Å²) in [5.74, 6) is -0.560. The second-order valence-corrected chi connectivity index (χ2v) is 7.81. The molecule has 154 valence electrons. The van der Waals surface area contributed by atoms with Crippen molar-refractivity contribution in [2.45, 2.75) is 63.5 Å². The topological polar surface area (TPSA) is 78.5 Å². The van der Waals surface area contributed by atoms with Crippen molar-refractivity contribution >= 4 is 11.9 Å². The summed E-state index contributed by atoms with van der Waals surface area (Å²) in [5, 5.41) is 14.1. The molecule has 1 N–H and O–H groups in total. The number of carboxylic acid groups (broad SMARTS) is 1. The van der Waals surface area contributed by atoms with Gasteiger partial charge in [0.05, 0.1) is 12.1 Å². The standard InChI is InChI=1S/C24H29NO4/c1-17(18-7-3-2-4-8-18)15-23(26)25-22(16-24(27)28)19-11-13-21(14-12-19)29-20-9-5-6-10-20/h2-4,7-8,11-14,17,20,22H,5-6,9-10,15-16H2,1H3,(H,25,26)(H,27,28)/p-1/t17-,22+/m0/s1. The van der Waals surface area contributed by atoms with Gasteiger partial charge in [-0.05, 0) is 54.9 Å². The van der Waals surface area contributed by atoms with Crippen molar-refractivity contribution in [3.8, 4) is 5.75 Å². The molecule has 1 saturated carbocycles. The maximum atomic E-state index is 12.5. The van der Waals surface area contributed by atoms with Gasteiger partial charge in [-0.25, -0.2) is 0 Å². The minimum absolute atomic E-state index is 0.0435. The van der Waals surface area contributed by atoms with Crippen LogP contribution in [0.5, 0.6) is 5.75 Å². The summed E-state index contributed by atoms with van der Waals surface area (Å²) >= 11 is 0. The molecule has 1 fully saturated rings. The summed E-state index contributed by atoms with van der Waals surface area (Å²) in [6.45, 7) is 1.98. The van der Waals surface area contributed by atoms with Crippen LogP contribution >= 0.6 is 0 Å². The third kappa shape index (κ3) is 6.34. The first-order valence-corrected chi connectivity index (χ1v) is 10.3. The minimum Gasteiger partial charge on any atom is -0.550 e. The number of ether oxygens (including phenoxy) is 1.